The number of benzene rings is 2. The van der Waals surface area contributed by atoms with Crippen LogP contribution in [-0.4, -0.2) is 21.1 Å². The number of rotatable bonds is 0. The summed E-state index contributed by atoms with van der Waals surface area (Å²) in [7, 11) is 0. The van der Waals surface area contributed by atoms with E-state index in [1.165, 1.54) is 12.1 Å². The van der Waals surface area contributed by atoms with Crippen LogP contribution in [0.5, 0.6) is 0 Å². The molecule has 0 N–H and O–H groups in total. The summed E-state index contributed by atoms with van der Waals surface area (Å²) < 4.78 is 21.7. The van der Waals surface area contributed by atoms with Crippen LogP contribution in [0.1, 0.15) is 25.8 Å². The summed E-state index contributed by atoms with van der Waals surface area (Å²) in [6.07, 6.45) is 0.454. The first-order valence-electron chi connectivity index (χ1n) is 8.59. The van der Waals surface area contributed by atoms with Crippen molar-refractivity contribution in [3.63, 3.8) is 0 Å². The highest BCUT2D eigenvalue weighted by Gasteiger charge is 2.57. The van der Waals surface area contributed by atoms with Gasteiger partial charge in [0.05, 0.1) is 21.1 Å². The van der Waals surface area contributed by atoms with Crippen LogP contribution in [0.3, 0.4) is 0 Å². The lowest BCUT2D eigenvalue weighted by atomic mass is 9.72. The van der Waals surface area contributed by atoms with Crippen molar-refractivity contribution in [3.8, 4) is 11.4 Å². The molecule has 1 aromatic heterocycles. The average molecular weight is 405 g/mol. The van der Waals surface area contributed by atoms with E-state index >= 15 is 0 Å². The number of carbonyl (C=O) groups is 1. The van der Waals surface area contributed by atoms with Gasteiger partial charge < -0.3 is 9.30 Å². The first-order chi connectivity index (χ1) is 12.7. The maximum absolute atomic E-state index is 14.1. The van der Waals surface area contributed by atoms with Gasteiger partial charge in [-0.05, 0) is 49.7 Å². The third-order valence-corrected chi connectivity index (χ3v) is 6.17. The van der Waals surface area contributed by atoms with Gasteiger partial charge in [-0.3, -0.25) is 4.79 Å². The van der Waals surface area contributed by atoms with Gasteiger partial charge in [0.15, 0.2) is 0 Å². The SMILES string of the molecule is CC1(C)CC2(Cn3c(nc4cc(Cl)c(Cl)cc43)-c3ccc(F)cc32)C(=O)O1. The van der Waals surface area contributed by atoms with E-state index in [4.69, 9.17) is 27.9 Å². The lowest BCUT2D eigenvalue weighted by Crippen LogP contribution is -2.40. The maximum Gasteiger partial charge on any atom is 0.319 e. The van der Waals surface area contributed by atoms with Crippen LogP contribution in [0.25, 0.3) is 22.4 Å². The standard InChI is InChI=1S/C20H15Cl2FN2O2/c1-19(2)8-20(18(26)27-19)9-25-16-7-14(22)13(21)6-15(16)24-17(25)11-4-3-10(23)5-12(11)20/h3-7H,8-9H2,1-2H3. The smallest absolute Gasteiger partial charge is 0.319 e. The first-order valence-corrected chi connectivity index (χ1v) is 9.35. The number of hydrogen-bond donors (Lipinski definition) is 0. The number of hydrogen-bond acceptors (Lipinski definition) is 3. The number of esters is 1. The summed E-state index contributed by atoms with van der Waals surface area (Å²) in [5, 5.41) is 0.829. The van der Waals surface area contributed by atoms with Gasteiger partial charge in [-0.25, -0.2) is 9.37 Å². The lowest BCUT2D eigenvalue weighted by Gasteiger charge is -2.33. The Kier molecular flexibility index (Phi) is 3.30. The molecule has 0 amide bonds. The summed E-state index contributed by atoms with van der Waals surface area (Å²) in [6, 6.07) is 7.94. The highest BCUT2D eigenvalue weighted by Crippen LogP contribution is 2.51. The molecule has 2 aromatic carbocycles. The third kappa shape index (κ3) is 2.28. The van der Waals surface area contributed by atoms with E-state index in [1.807, 2.05) is 18.4 Å². The van der Waals surface area contributed by atoms with E-state index in [0.717, 1.165) is 11.1 Å². The molecule has 138 valence electrons. The normalized spacial score (nSPS) is 22.8. The molecule has 3 heterocycles. The van der Waals surface area contributed by atoms with E-state index in [0.29, 0.717) is 39.9 Å². The minimum absolute atomic E-state index is 0.315. The summed E-state index contributed by atoms with van der Waals surface area (Å²) in [6.45, 7) is 4.06. The molecule has 27 heavy (non-hydrogen) atoms. The number of halogens is 3. The van der Waals surface area contributed by atoms with Gasteiger partial charge in [-0.2, -0.15) is 0 Å². The Hall–Kier alpha value is -2.11. The second-order valence-corrected chi connectivity index (χ2v) is 8.69. The zero-order valence-corrected chi connectivity index (χ0v) is 16.2. The van der Waals surface area contributed by atoms with Crippen LogP contribution in [0.15, 0.2) is 30.3 Å². The minimum atomic E-state index is -0.965. The molecule has 1 unspecified atom stereocenters. The van der Waals surface area contributed by atoms with Crippen LogP contribution < -0.4 is 0 Å². The largest absolute Gasteiger partial charge is 0.459 e. The molecule has 1 atom stereocenters. The number of aromatic nitrogens is 2. The molecule has 0 radical (unpaired) electrons. The molecule has 3 aromatic rings. The molecule has 1 fully saturated rings. The fourth-order valence-electron chi connectivity index (χ4n) is 4.46. The van der Waals surface area contributed by atoms with Crippen molar-refractivity contribution in [3.05, 3.63) is 51.8 Å². The highest BCUT2D eigenvalue weighted by molar-refractivity contribution is 6.42. The van der Waals surface area contributed by atoms with E-state index in [-0.39, 0.29) is 11.8 Å². The highest BCUT2D eigenvalue weighted by atomic mass is 35.5. The van der Waals surface area contributed by atoms with Crippen LogP contribution >= 0.6 is 23.2 Å². The molecule has 0 bridgehead atoms. The molecular formula is C20H15Cl2FN2O2. The van der Waals surface area contributed by atoms with Gasteiger partial charge >= 0.3 is 5.97 Å². The lowest BCUT2D eigenvalue weighted by molar-refractivity contribution is -0.150. The molecule has 5 rings (SSSR count). The van der Waals surface area contributed by atoms with Crippen molar-refractivity contribution in [2.45, 2.75) is 37.8 Å². The predicted molar refractivity (Wildman–Crippen MR) is 102 cm³/mol. The summed E-state index contributed by atoms with van der Waals surface area (Å²) in [5.41, 5.74) is 1.21. The summed E-state index contributed by atoms with van der Waals surface area (Å²) >= 11 is 12.4. The van der Waals surface area contributed by atoms with Crippen molar-refractivity contribution >= 4 is 40.2 Å². The monoisotopic (exact) mass is 404 g/mol. The summed E-state index contributed by atoms with van der Waals surface area (Å²) in [5.74, 6) is -0.0605. The number of nitrogens with zero attached hydrogens (tertiary/aromatic N) is 2. The molecule has 0 saturated carbocycles. The molecule has 1 spiro atoms. The molecule has 4 nitrogen and oxygen atoms in total. The predicted octanol–water partition coefficient (Wildman–Crippen LogP) is 5.13. The van der Waals surface area contributed by atoms with Crippen molar-refractivity contribution in [1.82, 2.24) is 9.55 Å². The Morgan fingerprint density at radius 1 is 1.19 bits per heavy atom. The average Bonchev–Trinajstić information content (AvgIpc) is 3.03. The fraction of sp³-hybridized carbons (Fsp3) is 0.300. The second kappa shape index (κ2) is 5.24. The van der Waals surface area contributed by atoms with Crippen molar-refractivity contribution < 1.29 is 13.9 Å². The minimum Gasteiger partial charge on any atom is -0.459 e. The Bertz CT molecular complexity index is 1150. The third-order valence-electron chi connectivity index (χ3n) is 5.44. The van der Waals surface area contributed by atoms with Crippen LogP contribution in [0.4, 0.5) is 4.39 Å². The Labute approximate surface area is 164 Å². The van der Waals surface area contributed by atoms with E-state index in [2.05, 4.69) is 4.98 Å². The molecule has 2 aliphatic rings. The molecule has 1 saturated heterocycles. The Balaban J connectivity index is 1.85. The van der Waals surface area contributed by atoms with Crippen molar-refractivity contribution in [2.24, 2.45) is 0 Å². The van der Waals surface area contributed by atoms with Gasteiger partial charge in [0.1, 0.15) is 22.7 Å². The zero-order chi connectivity index (χ0) is 19.1. The molecule has 2 aliphatic heterocycles. The quantitative estimate of drug-likeness (QED) is 0.488. The maximum atomic E-state index is 14.1. The molecule has 7 heteroatoms. The summed E-state index contributed by atoms with van der Waals surface area (Å²) in [4.78, 5) is 17.7. The number of imidazole rings is 1. The topological polar surface area (TPSA) is 44.1 Å². The van der Waals surface area contributed by atoms with Gasteiger partial charge in [-0.1, -0.05) is 23.2 Å². The Morgan fingerprint density at radius 2 is 1.93 bits per heavy atom. The van der Waals surface area contributed by atoms with Gasteiger partial charge in [-0.15, -0.1) is 0 Å². The van der Waals surface area contributed by atoms with Crippen LogP contribution in [0.2, 0.25) is 10.0 Å². The number of fused-ring (bicyclic) bond motifs is 6. The van der Waals surface area contributed by atoms with E-state index in [1.54, 1.807) is 18.2 Å². The number of carbonyl (C=O) groups excluding carboxylic acids is 1. The Morgan fingerprint density at radius 3 is 2.63 bits per heavy atom. The van der Waals surface area contributed by atoms with Crippen LogP contribution in [0, 0.1) is 5.82 Å². The number of cyclic esters (lactones) is 1. The molecular weight excluding hydrogens is 390 g/mol. The zero-order valence-electron chi connectivity index (χ0n) is 14.6. The van der Waals surface area contributed by atoms with E-state index < -0.39 is 11.0 Å². The van der Waals surface area contributed by atoms with Crippen molar-refractivity contribution in [1.29, 1.82) is 0 Å². The van der Waals surface area contributed by atoms with Crippen molar-refractivity contribution in [2.75, 3.05) is 0 Å². The molecule has 0 aliphatic carbocycles. The van der Waals surface area contributed by atoms with Gasteiger partial charge in [0.2, 0.25) is 0 Å². The van der Waals surface area contributed by atoms with Gasteiger partial charge in [0.25, 0.3) is 0 Å². The van der Waals surface area contributed by atoms with Crippen LogP contribution in [-0.2, 0) is 21.5 Å². The van der Waals surface area contributed by atoms with E-state index in [9.17, 15) is 9.18 Å². The van der Waals surface area contributed by atoms with Gasteiger partial charge in [0, 0.05) is 18.5 Å². The first kappa shape index (κ1) is 17.0. The fourth-order valence-corrected chi connectivity index (χ4v) is 4.77. The second-order valence-electron chi connectivity index (χ2n) is 7.87. The number of ether oxygens (including phenoxy) is 1.